The predicted octanol–water partition coefficient (Wildman–Crippen LogP) is 4.85. The fourth-order valence-corrected chi connectivity index (χ4v) is 3.48. The second-order valence-corrected chi connectivity index (χ2v) is 6.67. The van der Waals surface area contributed by atoms with Crippen LogP contribution in [-0.2, 0) is 6.54 Å². The fourth-order valence-electron chi connectivity index (χ4n) is 3.48. The zero-order chi connectivity index (χ0) is 16.8. The molecule has 0 saturated carbocycles. The van der Waals surface area contributed by atoms with Gasteiger partial charge in [0.15, 0.2) is 0 Å². The number of rotatable bonds is 6. The Morgan fingerprint density at radius 2 is 1.71 bits per heavy atom. The highest BCUT2D eigenvalue weighted by Gasteiger charge is 2.33. The number of halogens is 1. The number of nitrogens with zero attached hydrogens (tertiary/aromatic N) is 1. The molecule has 1 fully saturated rings. The number of hydrogen-bond donors (Lipinski definition) is 1. The molecule has 24 heavy (non-hydrogen) atoms. The van der Waals surface area contributed by atoms with Crippen LogP contribution in [0.25, 0.3) is 0 Å². The fraction of sp³-hybridized carbons (Fsp3) is 0.333. The van der Waals surface area contributed by atoms with Crippen molar-refractivity contribution in [3.63, 3.8) is 0 Å². The van der Waals surface area contributed by atoms with Gasteiger partial charge in [0.05, 0.1) is 0 Å². The summed E-state index contributed by atoms with van der Waals surface area (Å²) in [5, 5.41) is 3.64. The average molecular weight is 324 g/mol. The van der Waals surface area contributed by atoms with Crippen molar-refractivity contribution >= 4 is 5.69 Å². The third kappa shape index (κ3) is 4.24. The highest BCUT2D eigenvalue weighted by atomic mass is 19.1. The molecule has 0 aliphatic carbocycles. The monoisotopic (exact) mass is 324 g/mol. The lowest BCUT2D eigenvalue weighted by Gasteiger charge is -2.43. The van der Waals surface area contributed by atoms with Gasteiger partial charge < -0.3 is 5.32 Å². The first kappa shape index (κ1) is 16.7. The molecule has 126 valence electrons. The Bertz CT molecular complexity index is 643. The van der Waals surface area contributed by atoms with E-state index in [1.54, 1.807) is 0 Å². The molecule has 3 rings (SSSR count). The van der Waals surface area contributed by atoms with E-state index in [2.05, 4.69) is 47.1 Å². The summed E-state index contributed by atoms with van der Waals surface area (Å²) in [7, 11) is 0. The largest absolute Gasteiger partial charge is 0.379 e. The molecule has 0 atom stereocenters. The number of anilines is 1. The van der Waals surface area contributed by atoms with Crippen molar-refractivity contribution in [2.45, 2.75) is 31.3 Å². The first-order valence-corrected chi connectivity index (χ1v) is 8.60. The maximum absolute atomic E-state index is 13.1. The van der Waals surface area contributed by atoms with Crippen LogP contribution in [-0.4, -0.2) is 23.5 Å². The van der Waals surface area contributed by atoms with Crippen LogP contribution < -0.4 is 5.32 Å². The van der Waals surface area contributed by atoms with Crippen molar-refractivity contribution < 1.29 is 4.39 Å². The van der Waals surface area contributed by atoms with E-state index >= 15 is 0 Å². The Balaban J connectivity index is 1.63. The second kappa shape index (κ2) is 7.63. The number of piperidine rings is 1. The lowest BCUT2D eigenvalue weighted by Crippen LogP contribution is -2.48. The predicted molar refractivity (Wildman–Crippen MR) is 98.5 cm³/mol. The smallest absolute Gasteiger partial charge is 0.123 e. The molecule has 0 amide bonds. The van der Waals surface area contributed by atoms with E-state index in [4.69, 9.17) is 0 Å². The Hall–Kier alpha value is -2.13. The number of benzene rings is 2. The molecule has 1 aliphatic rings. The van der Waals surface area contributed by atoms with E-state index in [0.29, 0.717) is 0 Å². The standard InChI is InChI=1S/C21H25FN2/c1-2-12-21(23-20-10-8-19(22)9-11-20)13-15-24(16-14-21)17-18-6-4-3-5-7-18/h2-11,23H,1,12-17H2. The molecule has 1 heterocycles. The minimum absolute atomic E-state index is 0.0206. The van der Waals surface area contributed by atoms with Crippen LogP contribution in [0.15, 0.2) is 67.3 Å². The molecule has 0 aromatic heterocycles. The van der Waals surface area contributed by atoms with Gasteiger partial charge in [-0.3, -0.25) is 4.90 Å². The highest BCUT2D eigenvalue weighted by molar-refractivity contribution is 5.46. The van der Waals surface area contributed by atoms with E-state index in [9.17, 15) is 4.39 Å². The van der Waals surface area contributed by atoms with Gasteiger partial charge in [0.25, 0.3) is 0 Å². The van der Waals surface area contributed by atoms with Gasteiger partial charge in [0, 0.05) is 30.9 Å². The lowest BCUT2D eigenvalue weighted by atomic mass is 9.84. The zero-order valence-electron chi connectivity index (χ0n) is 14.0. The van der Waals surface area contributed by atoms with Crippen molar-refractivity contribution in [2.24, 2.45) is 0 Å². The molecular formula is C21H25FN2. The molecule has 2 nitrogen and oxygen atoms in total. The Morgan fingerprint density at radius 1 is 1.04 bits per heavy atom. The molecule has 0 radical (unpaired) electrons. The van der Waals surface area contributed by atoms with E-state index in [-0.39, 0.29) is 11.4 Å². The van der Waals surface area contributed by atoms with Crippen LogP contribution in [0.2, 0.25) is 0 Å². The SMILES string of the molecule is C=CCC1(Nc2ccc(F)cc2)CCN(Cc2ccccc2)CC1. The third-order valence-electron chi connectivity index (χ3n) is 4.85. The first-order valence-electron chi connectivity index (χ1n) is 8.60. The molecular weight excluding hydrogens is 299 g/mol. The van der Waals surface area contributed by atoms with Crippen molar-refractivity contribution in [1.29, 1.82) is 0 Å². The minimum atomic E-state index is -0.198. The Labute approximate surface area is 144 Å². The first-order chi connectivity index (χ1) is 11.7. The second-order valence-electron chi connectivity index (χ2n) is 6.67. The zero-order valence-corrected chi connectivity index (χ0v) is 14.0. The average Bonchev–Trinajstić information content (AvgIpc) is 2.60. The summed E-state index contributed by atoms with van der Waals surface area (Å²) in [5.41, 5.74) is 2.36. The number of nitrogens with one attached hydrogen (secondary N) is 1. The molecule has 2 aromatic rings. The van der Waals surface area contributed by atoms with Crippen LogP contribution in [0.4, 0.5) is 10.1 Å². The van der Waals surface area contributed by atoms with Crippen LogP contribution in [0.5, 0.6) is 0 Å². The molecule has 2 aromatic carbocycles. The molecule has 0 spiro atoms. The summed E-state index contributed by atoms with van der Waals surface area (Å²) in [6, 6.07) is 17.3. The van der Waals surface area contributed by atoms with Gasteiger partial charge in [-0.15, -0.1) is 6.58 Å². The van der Waals surface area contributed by atoms with Crippen molar-refractivity contribution in [3.8, 4) is 0 Å². The van der Waals surface area contributed by atoms with Crippen LogP contribution in [0, 0.1) is 5.82 Å². The molecule has 1 saturated heterocycles. The van der Waals surface area contributed by atoms with Gasteiger partial charge in [-0.25, -0.2) is 4.39 Å². The molecule has 1 aliphatic heterocycles. The summed E-state index contributed by atoms with van der Waals surface area (Å²) in [5.74, 6) is -0.198. The summed E-state index contributed by atoms with van der Waals surface area (Å²) in [6.07, 6.45) is 5.03. The van der Waals surface area contributed by atoms with Crippen molar-refractivity contribution in [3.05, 3.63) is 78.6 Å². The number of hydrogen-bond acceptors (Lipinski definition) is 2. The third-order valence-corrected chi connectivity index (χ3v) is 4.85. The van der Waals surface area contributed by atoms with E-state index in [1.165, 1.54) is 17.7 Å². The van der Waals surface area contributed by atoms with Gasteiger partial charge >= 0.3 is 0 Å². The van der Waals surface area contributed by atoms with Crippen molar-refractivity contribution in [2.75, 3.05) is 18.4 Å². The van der Waals surface area contributed by atoms with Gasteiger partial charge in [-0.2, -0.15) is 0 Å². The topological polar surface area (TPSA) is 15.3 Å². The normalized spacial score (nSPS) is 17.4. The molecule has 1 N–H and O–H groups in total. The van der Waals surface area contributed by atoms with Crippen LogP contribution >= 0.6 is 0 Å². The highest BCUT2D eigenvalue weighted by Crippen LogP contribution is 2.31. The molecule has 3 heteroatoms. The Kier molecular flexibility index (Phi) is 5.31. The maximum atomic E-state index is 13.1. The quantitative estimate of drug-likeness (QED) is 0.764. The van der Waals surface area contributed by atoms with Crippen LogP contribution in [0.1, 0.15) is 24.8 Å². The van der Waals surface area contributed by atoms with E-state index < -0.39 is 0 Å². The lowest BCUT2D eigenvalue weighted by molar-refractivity contribution is 0.167. The minimum Gasteiger partial charge on any atom is -0.379 e. The molecule has 0 unspecified atom stereocenters. The maximum Gasteiger partial charge on any atom is 0.123 e. The molecule has 0 bridgehead atoms. The summed E-state index contributed by atoms with van der Waals surface area (Å²) in [6.45, 7) is 7.04. The summed E-state index contributed by atoms with van der Waals surface area (Å²) >= 11 is 0. The number of likely N-dealkylation sites (tertiary alicyclic amines) is 1. The summed E-state index contributed by atoms with van der Waals surface area (Å²) < 4.78 is 13.1. The van der Waals surface area contributed by atoms with E-state index in [1.807, 2.05) is 18.2 Å². The van der Waals surface area contributed by atoms with E-state index in [0.717, 1.165) is 44.6 Å². The van der Waals surface area contributed by atoms with Gasteiger partial charge in [0.1, 0.15) is 5.82 Å². The van der Waals surface area contributed by atoms with Gasteiger partial charge in [-0.1, -0.05) is 36.4 Å². The summed E-state index contributed by atoms with van der Waals surface area (Å²) in [4.78, 5) is 2.50. The van der Waals surface area contributed by atoms with Gasteiger partial charge in [0.2, 0.25) is 0 Å². The van der Waals surface area contributed by atoms with Crippen LogP contribution in [0.3, 0.4) is 0 Å². The van der Waals surface area contributed by atoms with Crippen molar-refractivity contribution in [1.82, 2.24) is 4.90 Å². The Morgan fingerprint density at radius 3 is 2.33 bits per heavy atom. The van der Waals surface area contributed by atoms with Gasteiger partial charge in [-0.05, 0) is 49.1 Å².